The molecule has 1 fully saturated rings. The molecule has 1 aliphatic heterocycles. The average Bonchev–Trinajstić information content (AvgIpc) is 3.21. The van der Waals surface area contributed by atoms with Gasteiger partial charge in [0.2, 0.25) is 5.91 Å². The maximum Gasteiger partial charge on any atom is 0.326 e. The molecule has 2 aromatic carbocycles. The van der Waals surface area contributed by atoms with Crippen molar-refractivity contribution in [1.29, 1.82) is 0 Å². The van der Waals surface area contributed by atoms with Gasteiger partial charge in [0.1, 0.15) is 6.54 Å². The number of likely N-dealkylation sites (tertiary alicyclic amines) is 1. The van der Waals surface area contributed by atoms with Crippen molar-refractivity contribution in [1.82, 2.24) is 14.5 Å². The van der Waals surface area contributed by atoms with Crippen LogP contribution < -0.4 is 5.69 Å². The fraction of sp³-hybridized carbons (Fsp3) is 0.263. The van der Waals surface area contributed by atoms with Gasteiger partial charge in [0.05, 0.1) is 17.1 Å². The standard InChI is InChI=1S/C19H19N3O2/c23-18(13-22-17-10-5-4-9-15(17)20-19(22)24)21-12-6-11-16(21)14-7-2-1-3-8-14/h1-5,7-10,16H,6,11-13H2,(H,20,24). The number of nitrogens with one attached hydrogen (secondary N) is 1. The summed E-state index contributed by atoms with van der Waals surface area (Å²) in [5.74, 6) is -0.00629. The van der Waals surface area contributed by atoms with E-state index < -0.39 is 0 Å². The number of para-hydroxylation sites is 2. The van der Waals surface area contributed by atoms with E-state index in [2.05, 4.69) is 17.1 Å². The van der Waals surface area contributed by atoms with Crippen molar-refractivity contribution >= 4 is 16.9 Å². The second-order valence-corrected chi connectivity index (χ2v) is 6.19. The van der Waals surface area contributed by atoms with Crippen molar-refractivity contribution in [2.24, 2.45) is 0 Å². The van der Waals surface area contributed by atoms with Crippen LogP contribution in [-0.4, -0.2) is 26.9 Å². The molecule has 0 radical (unpaired) electrons. The lowest BCUT2D eigenvalue weighted by Crippen LogP contribution is -2.35. The Bertz CT molecular complexity index is 926. The van der Waals surface area contributed by atoms with Crippen LogP contribution in [-0.2, 0) is 11.3 Å². The summed E-state index contributed by atoms with van der Waals surface area (Å²) in [7, 11) is 0. The largest absolute Gasteiger partial charge is 0.334 e. The van der Waals surface area contributed by atoms with Gasteiger partial charge in [-0.25, -0.2) is 4.79 Å². The number of benzene rings is 2. The third-order valence-electron chi connectivity index (χ3n) is 4.73. The minimum Gasteiger partial charge on any atom is -0.334 e. The van der Waals surface area contributed by atoms with Gasteiger partial charge < -0.3 is 9.88 Å². The molecule has 0 bridgehead atoms. The Labute approximate surface area is 139 Å². The Morgan fingerprint density at radius 2 is 1.83 bits per heavy atom. The SMILES string of the molecule is O=C(Cn1c(=O)[nH]c2ccccc21)N1CCCC1c1ccccc1. The number of imidazole rings is 1. The molecule has 0 aliphatic carbocycles. The molecule has 4 rings (SSSR count). The van der Waals surface area contributed by atoms with Crippen LogP contribution in [0.5, 0.6) is 0 Å². The van der Waals surface area contributed by atoms with Gasteiger partial charge in [0.15, 0.2) is 0 Å². The van der Waals surface area contributed by atoms with Crippen molar-refractivity contribution in [2.45, 2.75) is 25.4 Å². The third kappa shape index (κ3) is 2.52. The first-order chi connectivity index (χ1) is 11.7. The molecule has 5 heteroatoms. The van der Waals surface area contributed by atoms with Crippen molar-refractivity contribution in [3.8, 4) is 0 Å². The lowest BCUT2D eigenvalue weighted by molar-refractivity contribution is -0.132. The van der Waals surface area contributed by atoms with Gasteiger partial charge in [0.25, 0.3) is 0 Å². The first-order valence-corrected chi connectivity index (χ1v) is 8.26. The molecule has 1 aliphatic rings. The molecule has 122 valence electrons. The van der Waals surface area contributed by atoms with Gasteiger partial charge >= 0.3 is 5.69 Å². The number of aromatic nitrogens is 2. The van der Waals surface area contributed by atoms with Crippen LogP contribution in [0.15, 0.2) is 59.4 Å². The van der Waals surface area contributed by atoms with E-state index >= 15 is 0 Å². The van der Waals surface area contributed by atoms with Crippen molar-refractivity contribution in [3.63, 3.8) is 0 Å². The highest BCUT2D eigenvalue weighted by Gasteiger charge is 2.30. The lowest BCUT2D eigenvalue weighted by Gasteiger charge is -2.25. The molecule has 1 aromatic heterocycles. The number of carbonyl (C=O) groups excluding carboxylic acids is 1. The van der Waals surface area contributed by atoms with Gasteiger partial charge in [-0.2, -0.15) is 0 Å². The summed E-state index contributed by atoms with van der Waals surface area (Å²) in [5, 5.41) is 0. The van der Waals surface area contributed by atoms with E-state index in [-0.39, 0.29) is 24.2 Å². The van der Waals surface area contributed by atoms with Gasteiger partial charge in [0, 0.05) is 6.54 Å². The fourth-order valence-corrected chi connectivity index (χ4v) is 3.58. The molecule has 1 saturated heterocycles. The number of rotatable bonds is 3. The maximum absolute atomic E-state index is 12.8. The number of amides is 1. The molecule has 0 saturated carbocycles. The summed E-state index contributed by atoms with van der Waals surface area (Å²) in [4.78, 5) is 29.7. The maximum atomic E-state index is 12.8. The van der Waals surface area contributed by atoms with Gasteiger partial charge in [-0.05, 0) is 30.5 Å². The number of carbonyl (C=O) groups is 1. The minimum atomic E-state index is -0.236. The topological polar surface area (TPSA) is 58.1 Å². The number of aromatic amines is 1. The van der Waals surface area contributed by atoms with Crippen LogP contribution in [0.25, 0.3) is 11.0 Å². The molecule has 24 heavy (non-hydrogen) atoms. The summed E-state index contributed by atoms with van der Waals surface area (Å²) >= 11 is 0. The smallest absolute Gasteiger partial charge is 0.326 e. The molecule has 5 nitrogen and oxygen atoms in total. The second kappa shape index (κ2) is 6.00. The van der Waals surface area contributed by atoms with E-state index in [4.69, 9.17) is 0 Å². The second-order valence-electron chi connectivity index (χ2n) is 6.19. The number of hydrogen-bond acceptors (Lipinski definition) is 2. The lowest BCUT2D eigenvalue weighted by atomic mass is 10.0. The van der Waals surface area contributed by atoms with E-state index in [1.54, 1.807) is 0 Å². The monoisotopic (exact) mass is 321 g/mol. The van der Waals surface area contributed by atoms with Crippen LogP contribution >= 0.6 is 0 Å². The molecule has 1 amide bonds. The number of fused-ring (bicyclic) bond motifs is 1. The number of hydrogen-bond donors (Lipinski definition) is 1. The number of nitrogens with zero attached hydrogens (tertiary/aromatic N) is 2. The Morgan fingerprint density at radius 1 is 1.08 bits per heavy atom. The zero-order valence-corrected chi connectivity index (χ0v) is 13.3. The highest BCUT2D eigenvalue weighted by molar-refractivity contribution is 5.81. The predicted octanol–water partition coefficient (Wildman–Crippen LogP) is 2.69. The molecular weight excluding hydrogens is 302 g/mol. The van der Waals surface area contributed by atoms with Gasteiger partial charge in [-0.3, -0.25) is 9.36 Å². The van der Waals surface area contributed by atoms with Crippen LogP contribution in [0.2, 0.25) is 0 Å². The van der Waals surface area contributed by atoms with Gasteiger partial charge in [-0.15, -0.1) is 0 Å². The summed E-state index contributed by atoms with van der Waals surface area (Å²) in [6.07, 6.45) is 1.96. The fourth-order valence-electron chi connectivity index (χ4n) is 3.58. The van der Waals surface area contributed by atoms with Crippen LogP contribution in [0.1, 0.15) is 24.4 Å². The summed E-state index contributed by atoms with van der Waals surface area (Å²) in [5.41, 5.74) is 2.46. The summed E-state index contributed by atoms with van der Waals surface area (Å²) in [6.45, 7) is 0.821. The number of H-pyrrole nitrogens is 1. The normalized spacial score (nSPS) is 17.5. The van der Waals surface area contributed by atoms with Crippen LogP contribution in [0.4, 0.5) is 0 Å². The summed E-state index contributed by atoms with van der Waals surface area (Å²) in [6, 6.07) is 17.7. The Morgan fingerprint density at radius 3 is 2.67 bits per heavy atom. The third-order valence-corrected chi connectivity index (χ3v) is 4.73. The molecule has 1 unspecified atom stereocenters. The van der Waals surface area contributed by atoms with Gasteiger partial charge in [-0.1, -0.05) is 42.5 Å². The van der Waals surface area contributed by atoms with E-state index in [0.29, 0.717) is 0 Å². The minimum absolute atomic E-state index is 0.00629. The molecule has 3 aromatic rings. The highest BCUT2D eigenvalue weighted by atomic mass is 16.2. The molecule has 0 spiro atoms. The molecule has 1 atom stereocenters. The molecule has 1 N–H and O–H groups in total. The quantitative estimate of drug-likeness (QED) is 0.806. The Kier molecular flexibility index (Phi) is 3.69. The zero-order chi connectivity index (χ0) is 16.5. The summed E-state index contributed by atoms with van der Waals surface area (Å²) < 4.78 is 1.53. The van der Waals surface area contributed by atoms with E-state index in [9.17, 15) is 9.59 Å². The first kappa shape index (κ1) is 14.8. The average molecular weight is 321 g/mol. The van der Waals surface area contributed by atoms with Crippen LogP contribution in [0.3, 0.4) is 0 Å². The Hall–Kier alpha value is -2.82. The molecule has 2 heterocycles. The predicted molar refractivity (Wildman–Crippen MR) is 92.7 cm³/mol. The van der Waals surface area contributed by atoms with E-state index in [0.717, 1.165) is 36.0 Å². The van der Waals surface area contributed by atoms with E-state index in [1.165, 1.54) is 4.57 Å². The Balaban J connectivity index is 1.61. The van der Waals surface area contributed by atoms with E-state index in [1.807, 2.05) is 47.4 Å². The van der Waals surface area contributed by atoms with Crippen molar-refractivity contribution in [3.05, 3.63) is 70.6 Å². The zero-order valence-electron chi connectivity index (χ0n) is 13.3. The first-order valence-electron chi connectivity index (χ1n) is 8.26. The van der Waals surface area contributed by atoms with Crippen LogP contribution in [0, 0.1) is 0 Å². The molecular formula is C19H19N3O2. The van der Waals surface area contributed by atoms with Crippen molar-refractivity contribution in [2.75, 3.05) is 6.54 Å². The highest BCUT2D eigenvalue weighted by Crippen LogP contribution is 2.31. The van der Waals surface area contributed by atoms with Crippen molar-refractivity contribution < 1.29 is 4.79 Å².